The molecule has 1 atom stereocenters. The Bertz CT molecular complexity index is 871. The number of carbonyl (C=O) groups is 3. The Morgan fingerprint density at radius 3 is 2.33 bits per heavy atom. The monoisotopic (exact) mass is 319 g/mol. The molecule has 0 bridgehead atoms. The molecule has 0 saturated heterocycles. The number of carbonyl (C=O) groups excluding carboxylic acids is 3. The number of pyridine rings is 2. The van der Waals surface area contributed by atoms with Gasteiger partial charge in [0.05, 0.1) is 23.1 Å². The smallest absolute Gasteiger partial charge is 0.150 e. The van der Waals surface area contributed by atoms with Gasteiger partial charge >= 0.3 is 0 Å². The van der Waals surface area contributed by atoms with Crippen LogP contribution in [0.4, 0.5) is 0 Å². The summed E-state index contributed by atoms with van der Waals surface area (Å²) in [4.78, 5) is 41.6. The van der Waals surface area contributed by atoms with E-state index < -0.39 is 0 Å². The lowest BCUT2D eigenvalue weighted by Gasteiger charge is -2.23. The van der Waals surface area contributed by atoms with Crippen molar-refractivity contribution >= 4 is 24.6 Å². The third kappa shape index (κ3) is 3.17. The molecule has 0 amide bonds. The lowest BCUT2D eigenvalue weighted by atomic mass is 10.0. The number of aromatic nitrogens is 2. The topological polar surface area (TPSA) is 89.0 Å². The van der Waals surface area contributed by atoms with Crippen LogP contribution in [0.1, 0.15) is 38.1 Å². The SMILES string of the molecule is O=CC1=CC(c2cc(C=O)ccn2)NC(c2cc(C=O)ccn2)=C1. The summed E-state index contributed by atoms with van der Waals surface area (Å²) in [6, 6.07) is 6.11. The number of hydrogen-bond acceptors (Lipinski definition) is 6. The molecule has 0 spiro atoms. The van der Waals surface area contributed by atoms with Gasteiger partial charge in [-0.1, -0.05) is 0 Å². The Morgan fingerprint density at radius 2 is 1.62 bits per heavy atom. The van der Waals surface area contributed by atoms with Crippen LogP contribution in [0.15, 0.2) is 54.4 Å². The Morgan fingerprint density at radius 1 is 0.917 bits per heavy atom. The van der Waals surface area contributed by atoms with E-state index >= 15 is 0 Å². The van der Waals surface area contributed by atoms with Crippen molar-refractivity contribution in [2.75, 3.05) is 0 Å². The summed E-state index contributed by atoms with van der Waals surface area (Å²) in [5, 5.41) is 3.22. The van der Waals surface area contributed by atoms with E-state index in [4.69, 9.17) is 0 Å². The van der Waals surface area contributed by atoms with Crippen molar-refractivity contribution in [1.82, 2.24) is 15.3 Å². The van der Waals surface area contributed by atoms with Gasteiger partial charge in [0.15, 0.2) is 0 Å². The molecule has 0 radical (unpaired) electrons. The van der Waals surface area contributed by atoms with Crippen molar-refractivity contribution < 1.29 is 14.4 Å². The molecular weight excluding hydrogens is 306 g/mol. The molecule has 2 aromatic rings. The first-order valence-electron chi connectivity index (χ1n) is 7.21. The van der Waals surface area contributed by atoms with Crippen LogP contribution in [-0.2, 0) is 4.79 Å². The first-order chi connectivity index (χ1) is 11.7. The van der Waals surface area contributed by atoms with E-state index in [1.54, 1.807) is 42.6 Å². The largest absolute Gasteiger partial charge is 0.371 e. The molecule has 0 aliphatic carbocycles. The number of hydrogen-bond donors (Lipinski definition) is 1. The van der Waals surface area contributed by atoms with Crippen LogP contribution >= 0.6 is 0 Å². The van der Waals surface area contributed by atoms with Crippen molar-refractivity contribution in [1.29, 1.82) is 0 Å². The highest BCUT2D eigenvalue weighted by atomic mass is 16.1. The van der Waals surface area contributed by atoms with E-state index in [2.05, 4.69) is 15.3 Å². The predicted molar refractivity (Wildman–Crippen MR) is 87.2 cm³/mol. The molecule has 1 aliphatic rings. The minimum Gasteiger partial charge on any atom is -0.371 e. The van der Waals surface area contributed by atoms with Crippen molar-refractivity contribution in [2.24, 2.45) is 0 Å². The summed E-state index contributed by atoms with van der Waals surface area (Å²) >= 11 is 0. The maximum absolute atomic E-state index is 11.3. The summed E-state index contributed by atoms with van der Waals surface area (Å²) in [5.41, 5.74) is 3.21. The molecule has 24 heavy (non-hydrogen) atoms. The van der Waals surface area contributed by atoms with Gasteiger partial charge in [0.1, 0.15) is 18.9 Å². The number of aldehydes is 3. The van der Waals surface area contributed by atoms with Gasteiger partial charge in [-0.15, -0.1) is 0 Å². The van der Waals surface area contributed by atoms with E-state index in [0.29, 0.717) is 33.8 Å². The molecule has 0 aromatic carbocycles. The first kappa shape index (κ1) is 15.5. The molecule has 118 valence electrons. The zero-order valence-electron chi connectivity index (χ0n) is 12.5. The number of allylic oxidation sites excluding steroid dienone is 2. The molecule has 2 aromatic heterocycles. The van der Waals surface area contributed by atoms with Gasteiger partial charge in [-0.2, -0.15) is 0 Å². The van der Waals surface area contributed by atoms with Crippen LogP contribution in [0.2, 0.25) is 0 Å². The number of nitrogens with zero attached hydrogens (tertiary/aromatic N) is 2. The lowest BCUT2D eigenvalue weighted by Crippen LogP contribution is -2.23. The molecule has 1 aliphatic heterocycles. The maximum Gasteiger partial charge on any atom is 0.150 e. The van der Waals surface area contributed by atoms with Crippen LogP contribution in [0.3, 0.4) is 0 Å². The minimum absolute atomic E-state index is 0.383. The number of dihydropyridines is 1. The average molecular weight is 319 g/mol. The molecule has 1 unspecified atom stereocenters. The Balaban J connectivity index is 1.99. The third-order valence-electron chi connectivity index (χ3n) is 3.57. The Labute approximate surface area is 137 Å². The highest BCUT2D eigenvalue weighted by Crippen LogP contribution is 2.25. The number of rotatable bonds is 5. The molecule has 3 heterocycles. The van der Waals surface area contributed by atoms with Crippen LogP contribution < -0.4 is 5.32 Å². The normalized spacial score (nSPS) is 16.4. The van der Waals surface area contributed by atoms with Crippen LogP contribution in [0.5, 0.6) is 0 Å². The van der Waals surface area contributed by atoms with Gasteiger partial charge in [-0.25, -0.2) is 0 Å². The fourth-order valence-electron chi connectivity index (χ4n) is 2.42. The summed E-state index contributed by atoms with van der Waals surface area (Å²) in [7, 11) is 0. The van der Waals surface area contributed by atoms with Gasteiger partial charge in [-0.05, 0) is 36.4 Å². The quantitative estimate of drug-likeness (QED) is 0.847. The molecule has 1 N–H and O–H groups in total. The van der Waals surface area contributed by atoms with E-state index in [-0.39, 0.29) is 6.04 Å². The second-order valence-electron chi connectivity index (χ2n) is 5.19. The van der Waals surface area contributed by atoms with Crippen LogP contribution in [0, 0.1) is 0 Å². The highest BCUT2D eigenvalue weighted by Gasteiger charge is 2.19. The molecular formula is C18H13N3O3. The Hall–Kier alpha value is -3.41. The zero-order chi connectivity index (χ0) is 16.9. The molecule has 3 rings (SSSR count). The summed E-state index contributed by atoms with van der Waals surface area (Å²) < 4.78 is 0. The Kier molecular flexibility index (Phi) is 4.38. The fraction of sp³-hybridized carbons (Fsp3) is 0.0556. The zero-order valence-corrected chi connectivity index (χ0v) is 12.5. The second kappa shape index (κ2) is 6.78. The van der Waals surface area contributed by atoms with Gasteiger partial charge in [0.2, 0.25) is 0 Å². The fourth-order valence-corrected chi connectivity index (χ4v) is 2.42. The van der Waals surface area contributed by atoms with Gasteiger partial charge in [-0.3, -0.25) is 24.4 Å². The number of nitrogens with one attached hydrogen (secondary N) is 1. The standard InChI is InChI=1S/C18H13N3O3/c22-9-12-1-3-19-15(5-12)17-7-14(11-24)8-18(21-17)16-6-13(10-23)2-4-20-16/h1-11,17,21H. The molecule has 6 nitrogen and oxygen atoms in total. The third-order valence-corrected chi connectivity index (χ3v) is 3.57. The van der Waals surface area contributed by atoms with E-state index in [1.165, 1.54) is 6.20 Å². The molecule has 0 saturated carbocycles. The van der Waals surface area contributed by atoms with Crippen molar-refractivity contribution in [3.05, 3.63) is 76.9 Å². The lowest BCUT2D eigenvalue weighted by molar-refractivity contribution is -0.104. The molecule has 0 fully saturated rings. The summed E-state index contributed by atoms with van der Waals surface area (Å²) in [6.07, 6.45) is 8.66. The van der Waals surface area contributed by atoms with Crippen molar-refractivity contribution in [2.45, 2.75) is 6.04 Å². The summed E-state index contributed by atoms with van der Waals surface area (Å²) in [5.74, 6) is 0. The second-order valence-corrected chi connectivity index (χ2v) is 5.19. The first-order valence-corrected chi connectivity index (χ1v) is 7.21. The predicted octanol–water partition coefficient (Wildman–Crippen LogP) is 1.91. The van der Waals surface area contributed by atoms with Gasteiger partial charge in [0.25, 0.3) is 0 Å². The maximum atomic E-state index is 11.3. The van der Waals surface area contributed by atoms with E-state index in [1.807, 2.05) is 0 Å². The average Bonchev–Trinajstić information content (AvgIpc) is 2.67. The van der Waals surface area contributed by atoms with Gasteiger partial charge in [0, 0.05) is 29.1 Å². The van der Waals surface area contributed by atoms with Crippen molar-refractivity contribution in [3.63, 3.8) is 0 Å². The van der Waals surface area contributed by atoms with E-state index in [9.17, 15) is 14.4 Å². The summed E-state index contributed by atoms with van der Waals surface area (Å²) in [6.45, 7) is 0. The van der Waals surface area contributed by atoms with Crippen LogP contribution in [0.25, 0.3) is 5.70 Å². The molecule has 6 heteroatoms. The van der Waals surface area contributed by atoms with E-state index in [0.717, 1.165) is 18.9 Å². The highest BCUT2D eigenvalue weighted by molar-refractivity contribution is 5.85. The van der Waals surface area contributed by atoms with Crippen LogP contribution in [-0.4, -0.2) is 28.8 Å². The minimum atomic E-state index is -0.383. The van der Waals surface area contributed by atoms with Crippen molar-refractivity contribution in [3.8, 4) is 0 Å². The van der Waals surface area contributed by atoms with Gasteiger partial charge < -0.3 is 5.32 Å².